The number of halogens is 6. The summed E-state index contributed by atoms with van der Waals surface area (Å²) in [6.07, 6.45) is -1.29. The molecule has 4 rings (SSSR count). The summed E-state index contributed by atoms with van der Waals surface area (Å²) in [4.78, 5) is 20.7. The number of carbonyl (C=O) groups is 1. The van der Waals surface area contributed by atoms with Crippen molar-refractivity contribution >= 4 is 11.6 Å². The van der Waals surface area contributed by atoms with Crippen LogP contribution < -0.4 is 5.32 Å². The van der Waals surface area contributed by atoms with Crippen molar-refractivity contribution in [2.75, 3.05) is 5.32 Å². The fourth-order valence-electron chi connectivity index (χ4n) is 3.30. The lowest BCUT2D eigenvalue weighted by Crippen LogP contribution is -2.15. The number of nitrogens with zero attached hydrogens (tertiary/aromatic N) is 4. The number of aromatic nitrogens is 4. The molecule has 1 N–H and O–H groups in total. The fraction of sp³-hybridized carbons (Fsp3) is 0.130. The zero-order valence-electron chi connectivity index (χ0n) is 17.6. The minimum atomic E-state index is -4.99. The Kier molecular flexibility index (Phi) is 6.29. The Morgan fingerprint density at radius 2 is 1.66 bits per heavy atom. The van der Waals surface area contributed by atoms with Gasteiger partial charge in [-0.05, 0) is 29.8 Å². The predicted molar refractivity (Wildman–Crippen MR) is 113 cm³/mol. The van der Waals surface area contributed by atoms with E-state index >= 15 is 0 Å². The Hall–Kier alpha value is -4.22. The van der Waals surface area contributed by atoms with Gasteiger partial charge in [0.2, 0.25) is 0 Å². The summed E-state index contributed by atoms with van der Waals surface area (Å²) in [7, 11) is 0. The largest absolute Gasteiger partial charge is 0.416 e. The Morgan fingerprint density at radius 1 is 0.886 bits per heavy atom. The Balaban J connectivity index is 1.51. The highest BCUT2D eigenvalue weighted by atomic mass is 19.4. The van der Waals surface area contributed by atoms with Crippen LogP contribution in [0.4, 0.5) is 32.0 Å². The zero-order chi connectivity index (χ0) is 25.2. The molecule has 0 aliphatic heterocycles. The number of alkyl halides is 6. The molecule has 3 heterocycles. The van der Waals surface area contributed by atoms with Gasteiger partial charge in [-0.2, -0.15) is 31.4 Å². The van der Waals surface area contributed by atoms with Gasteiger partial charge in [0.05, 0.1) is 35.1 Å². The molecule has 0 bridgehead atoms. The number of rotatable bonds is 5. The molecule has 12 heteroatoms. The summed E-state index contributed by atoms with van der Waals surface area (Å²) in [6, 6.07) is 6.55. The van der Waals surface area contributed by atoms with Crippen molar-refractivity contribution < 1.29 is 31.1 Å². The minimum absolute atomic E-state index is 0.0732. The lowest BCUT2D eigenvalue weighted by molar-refractivity contribution is -0.143. The topological polar surface area (TPSA) is 72.7 Å². The Bertz CT molecular complexity index is 1350. The third kappa shape index (κ3) is 5.65. The number of anilines is 1. The SMILES string of the molecule is O=C(Nc1cnn(Cc2ccc(C(F)(F)F)cc2C(F)(F)F)c1)c1cncc(-c2cccnc2)c1. The average molecular weight is 491 g/mol. The van der Waals surface area contributed by atoms with Crippen molar-refractivity contribution in [3.63, 3.8) is 0 Å². The van der Waals surface area contributed by atoms with Gasteiger partial charge < -0.3 is 5.32 Å². The molecular formula is C23H15F6N5O. The molecular weight excluding hydrogens is 476 g/mol. The number of pyridine rings is 2. The Morgan fingerprint density at radius 3 is 2.34 bits per heavy atom. The summed E-state index contributed by atoms with van der Waals surface area (Å²) in [6.45, 7) is -0.457. The van der Waals surface area contributed by atoms with Crippen LogP contribution in [0.2, 0.25) is 0 Å². The van der Waals surface area contributed by atoms with E-state index in [4.69, 9.17) is 0 Å². The summed E-state index contributed by atoms with van der Waals surface area (Å²) in [5, 5.41) is 6.47. The van der Waals surface area contributed by atoms with Crippen molar-refractivity contribution in [3.8, 4) is 11.1 Å². The molecule has 0 atom stereocenters. The summed E-state index contributed by atoms with van der Waals surface area (Å²) >= 11 is 0. The van der Waals surface area contributed by atoms with Crippen molar-refractivity contribution in [1.82, 2.24) is 19.7 Å². The van der Waals surface area contributed by atoms with Crippen LogP contribution >= 0.6 is 0 Å². The molecule has 1 amide bonds. The van der Waals surface area contributed by atoms with Crippen molar-refractivity contribution in [1.29, 1.82) is 0 Å². The van der Waals surface area contributed by atoms with E-state index < -0.39 is 41.5 Å². The van der Waals surface area contributed by atoms with Crippen LogP contribution in [0, 0.1) is 0 Å². The lowest BCUT2D eigenvalue weighted by Gasteiger charge is -2.16. The van der Waals surface area contributed by atoms with Crippen LogP contribution in [-0.4, -0.2) is 25.7 Å². The fourth-order valence-corrected chi connectivity index (χ4v) is 3.30. The van der Waals surface area contributed by atoms with Gasteiger partial charge in [-0.3, -0.25) is 19.4 Å². The quantitative estimate of drug-likeness (QED) is 0.365. The third-order valence-electron chi connectivity index (χ3n) is 4.96. The standard InChI is InChI=1S/C23H15F6N5O/c24-22(25,26)18-4-3-15(20(7-18)23(27,28)29)12-34-13-19(11-32-34)33-21(35)17-6-16(9-31-10-17)14-2-1-5-30-8-14/h1-11,13H,12H2,(H,33,35). The molecule has 6 nitrogen and oxygen atoms in total. The number of carbonyl (C=O) groups excluding carboxylic acids is 1. The number of amides is 1. The molecule has 0 aliphatic rings. The van der Waals surface area contributed by atoms with Crippen molar-refractivity contribution in [2.45, 2.75) is 18.9 Å². The minimum Gasteiger partial charge on any atom is -0.319 e. The van der Waals surface area contributed by atoms with Gasteiger partial charge in [0, 0.05) is 42.1 Å². The van der Waals surface area contributed by atoms with Crippen molar-refractivity contribution in [2.24, 2.45) is 0 Å². The van der Waals surface area contributed by atoms with Gasteiger partial charge in [-0.1, -0.05) is 12.1 Å². The molecule has 0 saturated carbocycles. The summed E-state index contributed by atoms with van der Waals surface area (Å²) in [5.41, 5.74) is -1.40. The molecule has 0 aliphatic carbocycles. The smallest absolute Gasteiger partial charge is 0.319 e. The molecule has 0 spiro atoms. The number of benzene rings is 1. The predicted octanol–water partition coefficient (Wildman–Crippen LogP) is 5.68. The van der Waals surface area contributed by atoms with Crippen molar-refractivity contribution in [3.05, 3.63) is 95.8 Å². The second-order valence-corrected chi connectivity index (χ2v) is 7.45. The molecule has 35 heavy (non-hydrogen) atoms. The number of nitrogens with one attached hydrogen (secondary N) is 1. The number of hydrogen-bond donors (Lipinski definition) is 1. The van der Waals surface area contributed by atoms with E-state index in [1.54, 1.807) is 36.8 Å². The molecule has 0 radical (unpaired) electrons. The van der Waals surface area contributed by atoms with E-state index in [9.17, 15) is 31.1 Å². The molecule has 0 unspecified atom stereocenters. The summed E-state index contributed by atoms with van der Waals surface area (Å²) in [5.74, 6) is -0.534. The highest BCUT2D eigenvalue weighted by Crippen LogP contribution is 2.37. The lowest BCUT2D eigenvalue weighted by atomic mass is 10.0. The second kappa shape index (κ2) is 9.20. The highest BCUT2D eigenvalue weighted by molar-refractivity contribution is 6.04. The van der Waals surface area contributed by atoms with Crippen LogP contribution in [-0.2, 0) is 18.9 Å². The van der Waals surface area contributed by atoms with E-state index in [1.807, 2.05) is 0 Å². The highest BCUT2D eigenvalue weighted by Gasteiger charge is 2.38. The van der Waals surface area contributed by atoms with Crippen LogP contribution in [0.3, 0.4) is 0 Å². The maximum atomic E-state index is 13.4. The zero-order valence-corrected chi connectivity index (χ0v) is 17.6. The second-order valence-electron chi connectivity index (χ2n) is 7.45. The van der Waals surface area contributed by atoms with Crippen LogP contribution in [0.1, 0.15) is 27.0 Å². The summed E-state index contributed by atoms with van der Waals surface area (Å²) < 4.78 is 79.8. The maximum Gasteiger partial charge on any atom is 0.416 e. The first-order valence-electron chi connectivity index (χ1n) is 9.97. The van der Waals surface area contributed by atoms with Gasteiger partial charge in [-0.25, -0.2) is 0 Å². The van der Waals surface area contributed by atoms with Crippen LogP contribution in [0.5, 0.6) is 0 Å². The molecule has 0 fully saturated rings. The monoisotopic (exact) mass is 491 g/mol. The van der Waals surface area contributed by atoms with Gasteiger partial charge in [-0.15, -0.1) is 0 Å². The molecule has 0 saturated heterocycles. The first-order valence-corrected chi connectivity index (χ1v) is 9.97. The van der Waals surface area contributed by atoms with Gasteiger partial charge in [0.15, 0.2) is 0 Å². The molecule has 4 aromatic rings. The molecule has 1 aromatic carbocycles. The first-order chi connectivity index (χ1) is 16.5. The normalized spacial score (nSPS) is 11.9. The van der Waals surface area contributed by atoms with Crippen LogP contribution in [0.15, 0.2) is 73.6 Å². The molecule has 3 aromatic heterocycles. The average Bonchev–Trinajstić information content (AvgIpc) is 3.25. The maximum absolute atomic E-state index is 13.4. The van der Waals surface area contributed by atoms with Gasteiger partial charge in [0.1, 0.15) is 0 Å². The first kappa shape index (κ1) is 23.9. The van der Waals surface area contributed by atoms with E-state index in [0.717, 1.165) is 16.3 Å². The van der Waals surface area contributed by atoms with Gasteiger partial charge >= 0.3 is 12.4 Å². The Labute approximate surface area is 194 Å². The third-order valence-corrected chi connectivity index (χ3v) is 4.96. The van der Waals surface area contributed by atoms with Crippen LogP contribution in [0.25, 0.3) is 11.1 Å². The van der Waals surface area contributed by atoms with E-state index in [-0.39, 0.29) is 17.3 Å². The molecule has 180 valence electrons. The number of hydrogen-bond acceptors (Lipinski definition) is 4. The van der Waals surface area contributed by atoms with E-state index in [1.165, 1.54) is 18.6 Å². The van der Waals surface area contributed by atoms with E-state index in [0.29, 0.717) is 11.6 Å². The van der Waals surface area contributed by atoms with Gasteiger partial charge in [0.25, 0.3) is 5.91 Å². The van der Waals surface area contributed by atoms with E-state index in [2.05, 4.69) is 20.4 Å².